The van der Waals surface area contributed by atoms with E-state index in [1.54, 1.807) is 0 Å². The smallest absolute Gasteiger partial charge is 0.00267 e. The van der Waals surface area contributed by atoms with Gasteiger partial charge in [0.05, 0.1) is 0 Å². The van der Waals surface area contributed by atoms with Gasteiger partial charge in [0, 0.05) is 0 Å². The molecular weight excluding hydrogens is 1300 g/mol. The molecule has 0 N–H and O–H groups in total. The SMILES string of the molecule is Cc1ccc(-c2c3ccccc3cc3cc(C)ccc23)cc1.Cc1ccc(-c2c3ccccc3cc3ccc(C)cc23)cc1.Cc1ccc2c(-c3ccccc3)c3ccccc3cc2c1.Cc1ccc2cc3ccccc3c(-c3ccccc3)c2c1.Cc1cccc(-c2c3ccccc3cc3cc(C)ccc23)c1. The predicted octanol–water partition coefficient (Wildman–Crippen LogP) is 30.8. The monoisotopic (exact) mass is 1380 g/mol. The molecule has 0 radical (unpaired) electrons. The average molecular weight is 1380 g/mol. The highest BCUT2D eigenvalue weighted by atomic mass is 14.2. The van der Waals surface area contributed by atoms with Crippen LogP contribution in [0.25, 0.3) is 163 Å². The quantitative estimate of drug-likeness (QED) is 0.151. The van der Waals surface area contributed by atoms with Gasteiger partial charge in [-0.1, -0.05) is 390 Å². The molecule has 20 aromatic carbocycles. The van der Waals surface area contributed by atoms with Gasteiger partial charge in [-0.2, -0.15) is 0 Å². The van der Waals surface area contributed by atoms with E-state index in [0.717, 1.165) is 0 Å². The van der Waals surface area contributed by atoms with Crippen molar-refractivity contribution in [3.63, 3.8) is 0 Å². The van der Waals surface area contributed by atoms with Crippen LogP contribution in [-0.4, -0.2) is 0 Å². The van der Waals surface area contributed by atoms with Gasteiger partial charge in [-0.15, -0.1) is 0 Å². The molecule has 0 unspecified atom stereocenters. The average Bonchev–Trinajstić information content (AvgIpc) is 0.787. The molecule has 0 fully saturated rings. The first-order chi connectivity index (χ1) is 52.8. The van der Waals surface area contributed by atoms with Gasteiger partial charge in [0.15, 0.2) is 0 Å². The third kappa shape index (κ3) is 14.5. The summed E-state index contributed by atoms with van der Waals surface area (Å²) < 4.78 is 0. The lowest BCUT2D eigenvalue weighted by atomic mass is 9.91. The van der Waals surface area contributed by atoms with Gasteiger partial charge in [-0.3, -0.25) is 0 Å². The van der Waals surface area contributed by atoms with Crippen LogP contribution in [0.1, 0.15) is 44.5 Å². The molecule has 0 saturated carbocycles. The van der Waals surface area contributed by atoms with E-state index in [-0.39, 0.29) is 0 Å². The Labute approximate surface area is 635 Å². The van der Waals surface area contributed by atoms with Gasteiger partial charge in [0.25, 0.3) is 0 Å². The number of benzene rings is 20. The van der Waals surface area contributed by atoms with Gasteiger partial charge in [-0.25, -0.2) is 0 Å². The first-order valence-electron chi connectivity index (χ1n) is 37.7. The van der Waals surface area contributed by atoms with E-state index >= 15 is 0 Å². The molecular formula is C108H86. The van der Waals surface area contributed by atoms with Crippen LogP contribution in [0.5, 0.6) is 0 Å². The predicted molar refractivity (Wildman–Crippen MR) is 472 cm³/mol. The van der Waals surface area contributed by atoms with Crippen molar-refractivity contribution in [3.8, 4) is 55.6 Å². The zero-order valence-corrected chi connectivity index (χ0v) is 62.8. The second-order valence-electron chi connectivity index (χ2n) is 29.3. The maximum atomic E-state index is 2.30. The molecule has 0 amide bonds. The molecule has 0 aromatic heterocycles. The van der Waals surface area contributed by atoms with E-state index in [0.29, 0.717) is 0 Å². The number of fused-ring (bicyclic) bond motifs is 10. The van der Waals surface area contributed by atoms with E-state index in [9.17, 15) is 0 Å². The van der Waals surface area contributed by atoms with Crippen LogP contribution in [-0.2, 0) is 0 Å². The van der Waals surface area contributed by atoms with Crippen LogP contribution in [0.4, 0.5) is 0 Å². The van der Waals surface area contributed by atoms with Crippen molar-refractivity contribution in [3.05, 3.63) is 421 Å². The summed E-state index contributed by atoms with van der Waals surface area (Å²) in [4.78, 5) is 0. The van der Waals surface area contributed by atoms with Gasteiger partial charge in [0.1, 0.15) is 0 Å². The van der Waals surface area contributed by atoms with Crippen LogP contribution in [0.2, 0.25) is 0 Å². The van der Waals surface area contributed by atoms with Crippen LogP contribution < -0.4 is 0 Å². The summed E-state index contributed by atoms with van der Waals surface area (Å²) in [5, 5.41) is 26.3. The summed E-state index contributed by atoms with van der Waals surface area (Å²) in [5.41, 5.74) is 23.5. The molecule has 518 valence electrons. The van der Waals surface area contributed by atoms with Gasteiger partial charge in [0.2, 0.25) is 0 Å². The van der Waals surface area contributed by atoms with Crippen molar-refractivity contribution >= 4 is 108 Å². The summed E-state index contributed by atoms with van der Waals surface area (Å²) in [6, 6.07) is 136. The molecule has 0 heteroatoms. The number of hydrogen-bond acceptors (Lipinski definition) is 0. The summed E-state index contributed by atoms with van der Waals surface area (Å²) >= 11 is 0. The Morgan fingerprint density at radius 3 is 0.667 bits per heavy atom. The summed E-state index contributed by atoms with van der Waals surface area (Å²) in [5.74, 6) is 0. The fourth-order valence-electron chi connectivity index (χ4n) is 15.9. The highest BCUT2D eigenvalue weighted by molar-refractivity contribution is 6.17. The van der Waals surface area contributed by atoms with Crippen LogP contribution in [0.15, 0.2) is 376 Å². The first kappa shape index (κ1) is 69.4. The maximum Gasteiger partial charge on any atom is -0.00267 e. The summed E-state index contributed by atoms with van der Waals surface area (Å²) in [7, 11) is 0. The molecule has 0 aliphatic carbocycles. The lowest BCUT2D eigenvalue weighted by Gasteiger charge is -2.13. The van der Waals surface area contributed by atoms with Crippen LogP contribution >= 0.6 is 0 Å². The Morgan fingerprint density at radius 2 is 0.333 bits per heavy atom. The van der Waals surface area contributed by atoms with Crippen LogP contribution in [0, 0.1) is 55.4 Å². The molecule has 0 nitrogen and oxygen atoms in total. The summed E-state index contributed by atoms with van der Waals surface area (Å²) in [6.07, 6.45) is 0. The second kappa shape index (κ2) is 30.6. The number of aryl methyl sites for hydroxylation is 8. The Bertz CT molecular complexity index is 6720. The van der Waals surface area contributed by atoms with Crippen LogP contribution in [0.3, 0.4) is 0 Å². The Balaban J connectivity index is 0.000000103. The number of hydrogen-bond donors (Lipinski definition) is 0. The molecule has 108 heavy (non-hydrogen) atoms. The number of rotatable bonds is 5. The van der Waals surface area contributed by atoms with Crippen molar-refractivity contribution in [2.75, 3.05) is 0 Å². The summed E-state index contributed by atoms with van der Waals surface area (Å²) in [6.45, 7) is 17.2. The zero-order chi connectivity index (χ0) is 73.8. The molecule has 0 saturated heterocycles. The van der Waals surface area contributed by atoms with Gasteiger partial charge in [-0.05, 0) is 249 Å². The third-order valence-corrected chi connectivity index (χ3v) is 21.2. The second-order valence-corrected chi connectivity index (χ2v) is 29.3. The fourth-order valence-corrected chi connectivity index (χ4v) is 15.9. The standard InChI is InChI=1S/3C22H18.2C21H16/c1-15-6-5-8-18(12-15)22-20-9-4-3-7-17(20)14-19-13-16(2)10-11-21(19)22;1-15-7-10-17(11-8-15)22-20-6-4-3-5-18(20)14-19-13-16(2)9-12-21(19)22;1-15-7-10-17(11-8-15)22-20-6-4-3-5-18(20)14-19-12-9-16(2)13-21(19)22;1-15-11-12-20-18(13-15)14-17-9-5-6-10-19(17)21(20)16-7-3-2-4-8-16;1-15-11-12-18-14-17-9-5-6-10-19(17)21(20(18)13-15)16-7-3-2-4-8-16/h3*3-14H,1-2H3;2*2-14H,1H3. The molecule has 0 aliphatic heterocycles. The van der Waals surface area contributed by atoms with Gasteiger partial charge < -0.3 is 0 Å². The largest absolute Gasteiger partial charge is 0.0622 e. The maximum absolute atomic E-state index is 2.30. The lowest BCUT2D eigenvalue weighted by molar-refractivity contribution is 1.47. The molecule has 0 spiro atoms. The van der Waals surface area contributed by atoms with E-state index < -0.39 is 0 Å². The fraction of sp³-hybridized carbons (Fsp3) is 0.0741. The van der Waals surface area contributed by atoms with Crippen molar-refractivity contribution in [1.82, 2.24) is 0 Å². The zero-order valence-electron chi connectivity index (χ0n) is 62.8. The molecule has 20 rings (SSSR count). The van der Waals surface area contributed by atoms with Crippen molar-refractivity contribution in [2.24, 2.45) is 0 Å². The van der Waals surface area contributed by atoms with Crippen molar-refractivity contribution in [2.45, 2.75) is 55.4 Å². The van der Waals surface area contributed by atoms with Crippen molar-refractivity contribution in [1.29, 1.82) is 0 Å². The molecule has 0 heterocycles. The first-order valence-corrected chi connectivity index (χ1v) is 37.7. The Morgan fingerprint density at radius 1 is 0.111 bits per heavy atom. The van der Waals surface area contributed by atoms with E-state index in [4.69, 9.17) is 0 Å². The topological polar surface area (TPSA) is 0 Å². The molecule has 0 aliphatic rings. The molecule has 0 atom stereocenters. The van der Waals surface area contributed by atoms with Gasteiger partial charge >= 0.3 is 0 Å². The highest BCUT2D eigenvalue weighted by Crippen LogP contribution is 2.43. The van der Waals surface area contributed by atoms with E-state index in [1.165, 1.54) is 208 Å². The minimum atomic E-state index is 1.28. The third-order valence-electron chi connectivity index (χ3n) is 21.2. The Kier molecular flexibility index (Phi) is 19.7. The minimum Gasteiger partial charge on any atom is -0.0622 e. The Hall–Kier alpha value is -13.0. The highest BCUT2D eigenvalue weighted by Gasteiger charge is 2.16. The molecule has 0 bridgehead atoms. The normalized spacial score (nSPS) is 11.1. The van der Waals surface area contributed by atoms with E-state index in [2.05, 4.69) is 432 Å². The minimum absolute atomic E-state index is 1.28. The molecule has 20 aromatic rings. The lowest BCUT2D eigenvalue weighted by Crippen LogP contribution is -1.87. The van der Waals surface area contributed by atoms with E-state index in [1.807, 2.05) is 0 Å². The van der Waals surface area contributed by atoms with Crippen molar-refractivity contribution < 1.29 is 0 Å².